The molecule has 30 heavy (non-hydrogen) atoms. The molecule has 0 bridgehead atoms. The van der Waals surface area contributed by atoms with Gasteiger partial charge in [0.15, 0.2) is 5.17 Å². The van der Waals surface area contributed by atoms with E-state index < -0.39 is 0 Å². The van der Waals surface area contributed by atoms with Crippen LogP contribution in [-0.2, 0) is 4.79 Å². The molecule has 1 heterocycles. The molecular formula is C23H21ClN2O2S2. The largest absolute Gasteiger partial charge is 0.497 e. The van der Waals surface area contributed by atoms with E-state index in [4.69, 9.17) is 16.3 Å². The van der Waals surface area contributed by atoms with Crippen LogP contribution in [0.5, 0.6) is 5.75 Å². The van der Waals surface area contributed by atoms with E-state index >= 15 is 0 Å². The Morgan fingerprint density at radius 3 is 2.43 bits per heavy atom. The molecule has 2 aromatic carbocycles. The fraction of sp³-hybridized carbons (Fsp3) is 0.130. The number of methoxy groups -OCH3 is 1. The average molecular weight is 457 g/mol. The molecule has 0 spiro atoms. The van der Waals surface area contributed by atoms with E-state index in [9.17, 15) is 4.79 Å². The highest BCUT2D eigenvalue weighted by molar-refractivity contribution is 8.17. The number of carbonyl (C=O) groups excluding carboxylic acids is 1. The topological polar surface area (TPSA) is 41.9 Å². The van der Waals surface area contributed by atoms with Crippen LogP contribution in [0.1, 0.15) is 11.8 Å². The number of rotatable bonds is 6. The molecule has 7 heteroatoms. The van der Waals surface area contributed by atoms with Crippen LogP contribution in [0.15, 0.2) is 70.6 Å². The lowest BCUT2D eigenvalue weighted by Gasteiger charge is -2.13. The number of aliphatic imine (C=N–C) groups is 1. The number of thiophene rings is 1. The van der Waals surface area contributed by atoms with Crippen molar-refractivity contribution in [1.29, 1.82) is 0 Å². The molecule has 4 nitrogen and oxygen atoms in total. The van der Waals surface area contributed by atoms with Gasteiger partial charge in [-0.05, 0) is 84.1 Å². The van der Waals surface area contributed by atoms with Gasteiger partial charge in [-0.3, -0.25) is 9.69 Å². The van der Waals surface area contributed by atoms with E-state index in [0.717, 1.165) is 33.2 Å². The Kier molecular flexibility index (Phi) is 7.74. The highest BCUT2D eigenvalue weighted by atomic mass is 35.5. The first-order valence-corrected chi connectivity index (χ1v) is 11.1. The molecule has 1 aromatic heterocycles. The quantitative estimate of drug-likeness (QED) is 0.229. The van der Waals surface area contributed by atoms with Crippen molar-refractivity contribution in [1.82, 2.24) is 4.90 Å². The zero-order valence-electron chi connectivity index (χ0n) is 16.8. The molecule has 0 radical (unpaired) electrons. The fourth-order valence-corrected chi connectivity index (χ4v) is 4.59. The van der Waals surface area contributed by atoms with E-state index in [1.165, 1.54) is 21.5 Å². The molecule has 0 aliphatic heterocycles. The lowest BCUT2D eigenvalue weighted by atomic mass is 10.2. The minimum absolute atomic E-state index is 0.591. The normalized spacial score (nSPS) is 12.0. The van der Waals surface area contributed by atoms with Gasteiger partial charge in [-0.15, -0.1) is 11.3 Å². The Bertz CT molecular complexity index is 1060. The number of allylic oxidation sites excluding steroid dienone is 1. The van der Waals surface area contributed by atoms with Gasteiger partial charge in [0.2, 0.25) is 6.41 Å². The number of benzene rings is 2. The van der Waals surface area contributed by atoms with E-state index in [-0.39, 0.29) is 0 Å². The first kappa shape index (κ1) is 22.2. The molecule has 0 saturated carbocycles. The predicted molar refractivity (Wildman–Crippen MR) is 130 cm³/mol. The summed E-state index contributed by atoms with van der Waals surface area (Å²) in [6.45, 7) is 2.01. The van der Waals surface area contributed by atoms with Crippen molar-refractivity contribution >= 4 is 58.0 Å². The highest BCUT2D eigenvalue weighted by Gasteiger charge is 2.09. The van der Waals surface area contributed by atoms with Crippen molar-refractivity contribution in [3.8, 4) is 16.2 Å². The first-order valence-electron chi connectivity index (χ1n) is 9.11. The van der Waals surface area contributed by atoms with Gasteiger partial charge in [0.25, 0.3) is 0 Å². The van der Waals surface area contributed by atoms with Gasteiger partial charge in [0, 0.05) is 21.8 Å². The predicted octanol–water partition coefficient (Wildman–Crippen LogP) is 6.95. The Hall–Kier alpha value is -2.54. The molecule has 0 N–H and O–H groups in total. The van der Waals surface area contributed by atoms with Gasteiger partial charge < -0.3 is 4.74 Å². The maximum atomic E-state index is 11.3. The summed E-state index contributed by atoms with van der Waals surface area (Å²) in [4.78, 5) is 20.7. The molecule has 0 saturated heterocycles. The van der Waals surface area contributed by atoms with Crippen LogP contribution in [0, 0.1) is 0 Å². The molecule has 0 unspecified atom stereocenters. The molecule has 0 atom stereocenters. The van der Waals surface area contributed by atoms with Crippen molar-refractivity contribution in [2.75, 3.05) is 14.2 Å². The van der Waals surface area contributed by atoms with Crippen LogP contribution in [0.4, 0.5) is 5.69 Å². The molecular weight excluding hydrogens is 436 g/mol. The average Bonchev–Trinajstić information content (AvgIpc) is 3.22. The van der Waals surface area contributed by atoms with E-state index in [1.807, 2.05) is 31.2 Å². The summed E-state index contributed by atoms with van der Waals surface area (Å²) in [6.07, 6.45) is 2.85. The molecule has 154 valence electrons. The van der Waals surface area contributed by atoms with Gasteiger partial charge in [-0.1, -0.05) is 23.4 Å². The van der Waals surface area contributed by atoms with Crippen molar-refractivity contribution in [3.63, 3.8) is 0 Å². The Morgan fingerprint density at radius 2 is 1.80 bits per heavy atom. The summed E-state index contributed by atoms with van der Waals surface area (Å²) < 4.78 is 5.22. The van der Waals surface area contributed by atoms with Gasteiger partial charge >= 0.3 is 0 Å². The minimum Gasteiger partial charge on any atom is -0.497 e. The first-order chi connectivity index (χ1) is 14.5. The number of thioether (sulfide) groups is 1. The van der Waals surface area contributed by atoms with E-state index in [1.54, 1.807) is 37.6 Å². The number of ether oxygens (including phenoxy) is 1. The standard InChI is InChI=1S/C23H21ClN2O2S2/c1-16(29-23(26(2)15-27)25-19-8-6-18(24)7-9-19)14-21-12-13-22(30-21)17-4-10-20(28-3)11-5-17/h4-15H,1-3H3/b16-14-,25-23?. The van der Waals surface area contributed by atoms with Crippen LogP contribution in [-0.4, -0.2) is 30.6 Å². The molecule has 3 rings (SSSR count). The van der Waals surface area contributed by atoms with Gasteiger partial charge in [-0.2, -0.15) is 0 Å². The Balaban J connectivity index is 1.78. The number of carbonyl (C=O) groups is 1. The maximum Gasteiger partial charge on any atom is 0.215 e. The van der Waals surface area contributed by atoms with Gasteiger partial charge in [-0.25, -0.2) is 4.99 Å². The second kappa shape index (κ2) is 10.5. The van der Waals surface area contributed by atoms with Crippen LogP contribution < -0.4 is 4.74 Å². The zero-order valence-corrected chi connectivity index (χ0v) is 19.2. The van der Waals surface area contributed by atoms with Crippen molar-refractivity contribution < 1.29 is 9.53 Å². The third-order valence-electron chi connectivity index (χ3n) is 4.11. The van der Waals surface area contributed by atoms with Crippen LogP contribution in [0.2, 0.25) is 5.02 Å². The summed E-state index contributed by atoms with van der Waals surface area (Å²) in [7, 11) is 3.35. The number of nitrogens with zero attached hydrogens (tertiary/aromatic N) is 2. The van der Waals surface area contributed by atoms with Crippen LogP contribution >= 0.6 is 34.7 Å². The van der Waals surface area contributed by atoms with Crippen LogP contribution in [0.3, 0.4) is 0 Å². The summed E-state index contributed by atoms with van der Waals surface area (Å²) in [5.74, 6) is 0.842. The smallest absolute Gasteiger partial charge is 0.215 e. The summed E-state index contributed by atoms with van der Waals surface area (Å²) >= 11 is 9.09. The van der Waals surface area contributed by atoms with Crippen molar-refractivity contribution in [2.45, 2.75) is 6.92 Å². The van der Waals surface area contributed by atoms with Gasteiger partial charge in [0.05, 0.1) is 12.8 Å². The zero-order chi connectivity index (χ0) is 21.5. The summed E-state index contributed by atoms with van der Waals surface area (Å²) in [6, 6.07) is 19.4. The SMILES string of the molecule is COc1ccc(-c2ccc(/C=C(/C)SC(=Nc3ccc(Cl)cc3)N(C)C=O)s2)cc1. The van der Waals surface area contributed by atoms with Crippen LogP contribution in [0.25, 0.3) is 16.5 Å². The molecule has 0 fully saturated rings. The second-order valence-corrected chi connectivity index (χ2v) is 9.14. The highest BCUT2D eigenvalue weighted by Crippen LogP contribution is 2.32. The number of halogens is 1. The van der Waals surface area contributed by atoms with Crippen molar-refractivity contribution in [3.05, 3.63) is 75.5 Å². The van der Waals surface area contributed by atoms with Crippen molar-refractivity contribution in [2.24, 2.45) is 4.99 Å². The molecule has 0 aliphatic carbocycles. The van der Waals surface area contributed by atoms with Gasteiger partial charge in [0.1, 0.15) is 5.75 Å². The Labute approximate surface area is 189 Å². The summed E-state index contributed by atoms with van der Waals surface area (Å²) in [5, 5.41) is 1.24. The van der Waals surface area contributed by atoms with E-state index in [0.29, 0.717) is 10.2 Å². The molecule has 0 aliphatic rings. The maximum absolute atomic E-state index is 11.3. The molecule has 3 aromatic rings. The number of amidine groups is 1. The second-order valence-electron chi connectivity index (χ2n) is 6.37. The number of hydrogen-bond donors (Lipinski definition) is 0. The molecule has 1 amide bonds. The lowest BCUT2D eigenvalue weighted by molar-refractivity contribution is -0.113. The monoisotopic (exact) mass is 456 g/mol. The number of hydrogen-bond acceptors (Lipinski definition) is 5. The summed E-state index contributed by atoms with van der Waals surface area (Å²) in [5.41, 5.74) is 1.89. The van der Waals surface area contributed by atoms with E-state index in [2.05, 4.69) is 35.3 Å². The Morgan fingerprint density at radius 1 is 1.10 bits per heavy atom. The lowest BCUT2D eigenvalue weighted by Crippen LogP contribution is -2.21. The fourth-order valence-electron chi connectivity index (χ4n) is 2.56. The number of amides is 1. The third kappa shape index (κ3) is 5.98. The minimum atomic E-state index is 0.591. The third-order valence-corrected chi connectivity index (χ3v) is 6.45.